The van der Waals surface area contributed by atoms with E-state index in [0.717, 1.165) is 0 Å². The molecule has 0 saturated carbocycles. The summed E-state index contributed by atoms with van der Waals surface area (Å²) in [6, 6.07) is -3.79. The molecule has 5 atom stereocenters. The quantitative estimate of drug-likeness (QED) is 0.135. The van der Waals surface area contributed by atoms with Gasteiger partial charge in [0, 0.05) is 5.75 Å². The molecular weight excluding hydrogens is 398 g/mol. The van der Waals surface area contributed by atoms with Crippen LogP contribution >= 0.6 is 12.6 Å². The molecule has 0 saturated heterocycles. The highest BCUT2D eigenvalue weighted by Gasteiger charge is 2.30. The molecule has 0 aromatic rings. The summed E-state index contributed by atoms with van der Waals surface area (Å²) in [6.07, 6.45) is 2.08. The second kappa shape index (κ2) is 14.2. The van der Waals surface area contributed by atoms with Gasteiger partial charge in [0.25, 0.3) is 0 Å². The molecule has 29 heavy (non-hydrogen) atoms. The molecule has 3 amide bonds. The molecule has 5 unspecified atom stereocenters. The van der Waals surface area contributed by atoms with E-state index in [1.165, 1.54) is 6.92 Å². The zero-order valence-corrected chi connectivity index (χ0v) is 18.2. The van der Waals surface area contributed by atoms with Crippen LogP contribution in [0.15, 0.2) is 0 Å². The van der Waals surface area contributed by atoms with Crippen LogP contribution in [-0.4, -0.2) is 65.3 Å². The Morgan fingerprint density at radius 3 is 2.10 bits per heavy atom. The van der Waals surface area contributed by atoms with E-state index in [0.29, 0.717) is 32.2 Å². The zero-order valence-electron chi connectivity index (χ0n) is 17.3. The van der Waals surface area contributed by atoms with Crippen molar-refractivity contribution >= 4 is 36.3 Å². The van der Waals surface area contributed by atoms with Crippen LogP contribution in [0.1, 0.15) is 46.5 Å². The van der Waals surface area contributed by atoms with Crippen LogP contribution < -0.4 is 27.4 Å². The number of hydrogen-bond donors (Lipinski definition) is 7. The smallest absolute Gasteiger partial charge is 0.326 e. The minimum absolute atomic E-state index is 0.122. The van der Waals surface area contributed by atoms with Gasteiger partial charge in [0.15, 0.2) is 0 Å². The van der Waals surface area contributed by atoms with Crippen molar-refractivity contribution in [2.45, 2.75) is 70.6 Å². The summed E-state index contributed by atoms with van der Waals surface area (Å²) >= 11 is 3.93. The Labute approximate surface area is 177 Å². The molecule has 11 heteroatoms. The topological polar surface area (TPSA) is 177 Å². The molecular formula is C18H35N5O5S. The molecule has 0 aromatic heterocycles. The summed E-state index contributed by atoms with van der Waals surface area (Å²) in [4.78, 5) is 48.4. The summed E-state index contributed by atoms with van der Waals surface area (Å²) in [5.41, 5.74) is 11.1. The number of carboxylic acid groups (broad SMARTS) is 1. The van der Waals surface area contributed by atoms with Crippen LogP contribution in [0.2, 0.25) is 0 Å². The number of carbonyl (C=O) groups excluding carboxylic acids is 3. The standard InChI is InChI=1S/C18H35N5O5S/c1-4-10(2)14(18(27)28)23-17(26)13(7-5-6-8-19)22-15(24)11(3)21-16(25)12(20)9-29/h10-14,29H,4-9,19-20H2,1-3H3,(H,21,25)(H,22,24)(H,23,26)(H,27,28). The fourth-order valence-corrected chi connectivity index (χ4v) is 2.63. The monoisotopic (exact) mass is 433 g/mol. The summed E-state index contributed by atoms with van der Waals surface area (Å²) in [7, 11) is 0. The molecule has 0 heterocycles. The van der Waals surface area contributed by atoms with Crippen LogP contribution in [0, 0.1) is 5.92 Å². The van der Waals surface area contributed by atoms with E-state index in [4.69, 9.17) is 11.5 Å². The van der Waals surface area contributed by atoms with E-state index in [2.05, 4.69) is 28.6 Å². The highest BCUT2D eigenvalue weighted by atomic mass is 32.1. The number of amides is 3. The van der Waals surface area contributed by atoms with Gasteiger partial charge in [0.1, 0.15) is 18.1 Å². The van der Waals surface area contributed by atoms with Crippen LogP contribution in [0.3, 0.4) is 0 Å². The Kier molecular flexibility index (Phi) is 13.3. The van der Waals surface area contributed by atoms with E-state index in [1.54, 1.807) is 6.92 Å². The summed E-state index contributed by atoms with van der Waals surface area (Å²) in [5, 5.41) is 16.9. The Balaban J connectivity index is 5.15. The van der Waals surface area contributed by atoms with Crippen LogP contribution in [-0.2, 0) is 19.2 Å². The van der Waals surface area contributed by atoms with Crippen molar-refractivity contribution in [3.8, 4) is 0 Å². The molecule has 0 aliphatic carbocycles. The van der Waals surface area contributed by atoms with Gasteiger partial charge in [-0.05, 0) is 38.6 Å². The van der Waals surface area contributed by atoms with Crippen LogP contribution in [0.4, 0.5) is 0 Å². The van der Waals surface area contributed by atoms with E-state index < -0.39 is 47.9 Å². The molecule has 0 aromatic carbocycles. The van der Waals surface area contributed by atoms with E-state index >= 15 is 0 Å². The Morgan fingerprint density at radius 1 is 1.00 bits per heavy atom. The fraction of sp³-hybridized carbons (Fsp3) is 0.778. The van der Waals surface area contributed by atoms with Gasteiger partial charge in [0.2, 0.25) is 17.7 Å². The highest BCUT2D eigenvalue weighted by Crippen LogP contribution is 2.09. The molecule has 0 aliphatic rings. The number of hydrogen-bond acceptors (Lipinski definition) is 7. The Morgan fingerprint density at radius 2 is 1.62 bits per heavy atom. The average molecular weight is 434 g/mol. The normalized spacial score (nSPS) is 16.1. The first-order chi connectivity index (χ1) is 13.6. The van der Waals surface area contributed by atoms with E-state index in [9.17, 15) is 24.3 Å². The largest absolute Gasteiger partial charge is 0.480 e. The summed E-state index contributed by atoms with van der Waals surface area (Å²) in [6.45, 7) is 5.45. The maximum Gasteiger partial charge on any atom is 0.326 e. The number of nitrogens with two attached hydrogens (primary N) is 2. The minimum Gasteiger partial charge on any atom is -0.480 e. The number of carboxylic acids is 1. The fourth-order valence-electron chi connectivity index (χ4n) is 2.46. The molecule has 0 radical (unpaired) electrons. The first-order valence-electron chi connectivity index (χ1n) is 9.79. The zero-order chi connectivity index (χ0) is 22.6. The molecule has 10 nitrogen and oxygen atoms in total. The predicted octanol–water partition coefficient (Wildman–Crippen LogP) is -1.02. The highest BCUT2D eigenvalue weighted by molar-refractivity contribution is 7.80. The van der Waals surface area contributed by atoms with Crippen molar-refractivity contribution in [3.63, 3.8) is 0 Å². The first kappa shape index (κ1) is 27.1. The van der Waals surface area contributed by atoms with Gasteiger partial charge < -0.3 is 32.5 Å². The number of carbonyl (C=O) groups is 4. The number of nitrogens with one attached hydrogen (secondary N) is 3. The molecule has 8 N–H and O–H groups in total. The molecule has 0 bridgehead atoms. The van der Waals surface area contributed by atoms with Crippen molar-refractivity contribution in [2.24, 2.45) is 17.4 Å². The van der Waals surface area contributed by atoms with Crippen molar-refractivity contribution in [1.82, 2.24) is 16.0 Å². The Hall–Kier alpha value is -1.85. The van der Waals surface area contributed by atoms with Gasteiger partial charge >= 0.3 is 5.97 Å². The molecule has 0 spiro atoms. The van der Waals surface area contributed by atoms with Gasteiger partial charge in [-0.1, -0.05) is 20.3 Å². The maximum atomic E-state index is 12.7. The second-order valence-electron chi connectivity index (χ2n) is 7.08. The van der Waals surface area contributed by atoms with Crippen molar-refractivity contribution < 1.29 is 24.3 Å². The van der Waals surface area contributed by atoms with Gasteiger partial charge in [-0.3, -0.25) is 14.4 Å². The average Bonchev–Trinajstić information content (AvgIpc) is 2.69. The number of unbranched alkanes of at least 4 members (excludes halogenated alkanes) is 1. The molecule has 0 fully saturated rings. The van der Waals surface area contributed by atoms with E-state index in [-0.39, 0.29) is 11.7 Å². The van der Waals surface area contributed by atoms with Gasteiger partial charge in [-0.15, -0.1) is 0 Å². The third kappa shape index (κ3) is 9.95. The van der Waals surface area contributed by atoms with Crippen LogP contribution in [0.5, 0.6) is 0 Å². The second-order valence-corrected chi connectivity index (χ2v) is 7.44. The summed E-state index contributed by atoms with van der Waals surface area (Å²) in [5.74, 6) is -2.99. The van der Waals surface area contributed by atoms with Crippen molar-refractivity contribution in [2.75, 3.05) is 12.3 Å². The van der Waals surface area contributed by atoms with Crippen molar-refractivity contribution in [1.29, 1.82) is 0 Å². The molecule has 0 aliphatic heterocycles. The van der Waals surface area contributed by atoms with E-state index in [1.807, 2.05) is 6.92 Å². The summed E-state index contributed by atoms with van der Waals surface area (Å²) < 4.78 is 0. The van der Waals surface area contributed by atoms with Gasteiger partial charge in [0.05, 0.1) is 6.04 Å². The Bertz CT molecular complexity index is 563. The first-order valence-corrected chi connectivity index (χ1v) is 10.4. The van der Waals surface area contributed by atoms with Gasteiger partial charge in [-0.2, -0.15) is 12.6 Å². The molecule has 168 valence electrons. The van der Waals surface area contributed by atoms with Gasteiger partial charge in [-0.25, -0.2) is 4.79 Å². The van der Waals surface area contributed by atoms with Crippen LogP contribution in [0.25, 0.3) is 0 Å². The minimum atomic E-state index is -1.14. The third-order valence-corrected chi connectivity index (χ3v) is 5.04. The lowest BCUT2D eigenvalue weighted by atomic mass is 9.98. The maximum absolute atomic E-state index is 12.7. The third-order valence-electron chi connectivity index (χ3n) is 4.64. The number of thiol groups is 1. The number of aliphatic carboxylic acids is 1. The van der Waals surface area contributed by atoms with Crippen molar-refractivity contribution in [3.05, 3.63) is 0 Å². The lowest BCUT2D eigenvalue weighted by Crippen LogP contribution is -2.57. The number of rotatable bonds is 14. The predicted molar refractivity (Wildman–Crippen MR) is 113 cm³/mol. The lowest BCUT2D eigenvalue weighted by Gasteiger charge is -2.25. The molecule has 0 rings (SSSR count). The lowest BCUT2D eigenvalue weighted by molar-refractivity contribution is -0.143. The SMILES string of the molecule is CCC(C)C(NC(=O)C(CCCCN)NC(=O)C(C)NC(=O)C(N)CS)C(=O)O.